The second-order valence-corrected chi connectivity index (χ2v) is 5.05. The zero-order chi connectivity index (χ0) is 13.3. The van der Waals surface area contributed by atoms with Crippen LogP contribution in [0.1, 0.15) is 16.0 Å². The number of hydrogen-bond acceptors (Lipinski definition) is 0. The highest BCUT2D eigenvalue weighted by molar-refractivity contribution is 9.09. The Kier molecular flexibility index (Phi) is 3.97. The highest BCUT2D eigenvalue weighted by atomic mass is 79.9. The first-order chi connectivity index (χ1) is 8.49. The van der Waals surface area contributed by atoms with Crippen molar-refractivity contribution in [3.63, 3.8) is 0 Å². The molecule has 0 saturated heterocycles. The van der Waals surface area contributed by atoms with E-state index in [9.17, 15) is 13.2 Å². The summed E-state index contributed by atoms with van der Waals surface area (Å²) in [6.45, 7) is 0. The van der Waals surface area contributed by atoms with Crippen LogP contribution in [0.5, 0.6) is 0 Å². The molecule has 0 nitrogen and oxygen atoms in total. The maximum Gasteiger partial charge on any atom is 0.159 e. The largest absolute Gasteiger partial charge is 0.207 e. The van der Waals surface area contributed by atoms with Crippen molar-refractivity contribution in [3.05, 3.63) is 70.0 Å². The van der Waals surface area contributed by atoms with Gasteiger partial charge in [0.15, 0.2) is 11.6 Å². The van der Waals surface area contributed by atoms with Gasteiger partial charge in [0, 0.05) is 10.6 Å². The number of rotatable bonds is 2. The summed E-state index contributed by atoms with van der Waals surface area (Å²) in [5.74, 6) is -2.38. The highest BCUT2D eigenvalue weighted by Crippen LogP contribution is 2.34. The summed E-state index contributed by atoms with van der Waals surface area (Å²) in [4.78, 5) is -0.591. The molecule has 2 rings (SSSR count). The molecule has 0 aliphatic rings. The van der Waals surface area contributed by atoms with E-state index < -0.39 is 22.3 Å². The van der Waals surface area contributed by atoms with Gasteiger partial charge in [0.2, 0.25) is 0 Å². The molecule has 0 saturated carbocycles. The lowest BCUT2D eigenvalue weighted by atomic mass is 10.0. The van der Waals surface area contributed by atoms with E-state index in [-0.39, 0.29) is 5.56 Å². The van der Waals surface area contributed by atoms with Gasteiger partial charge in [0.25, 0.3) is 0 Å². The van der Waals surface area contributed by atoms with Gasteiger partial charge < -0.3 is 0 Å². The van der Waals surface area contributed by atoms with Crippen LogP contribution < -0.4 is 0 Å². The number of hydrogen-bond donors (Lipinski definition) is 0. The minimum Gasteiger partial charge on any atom is -0.207 e. The number of benzene rings is 2. The lowest BCUT2D eigenvalue weighted by Crippen LogP contribution is -1.98. The molecule has 1 atom stereocenters. The normalized spacial score (nSPS) is 12.5. The molecule has 0 amide bonds. The monoisotopic (exact) mass is 334 g/mol. The molecule has 0 heterocycles. The van der Waals surface area contributed by atoms with Crippen LogP contribution in [0.4, 0.5) is 13.2 Å². The molecule has 5 heteroatoms. The molecule has 1 unspecified atom stereocenters. The summed E-state index contributed by atoms with van der Waals surface area (Å²) in [6, 6.07) is 7.50. The van der Waals surface area contributed by atoms with E-state index in [1.165, 1.54) is 24.3 Å². The Morgan fingerprint density at radius 2 is 1.56 bits per heavy atom. The van der Waals surface area contributed by atoms with Crippen molar-refractivity contribution in [2.45, 2.75) is 4.83 Å². The molecule has 0 aliphatic heterocycles. The Labute approximate surface area is 116 Å². The van der Waals surface area contributed by atoms with Crippen molar-refractivity contribution in [1.29, 1.82) is 0 Å². The van der Waals surface area contributed by atoms with Gasteiger partial charge in [-0.15, -0.1) is 0 Å². The van der Waals surface area contributed by atoms with Crippen LogP contribution in [0.15, 0.2) is 36.4 Å². The van der Waals surface area contributed by atoms with Crippen LogP contribution in [-0.4, -0.2) is 0 Å². The number of alkyl halides is 1. The van der Waals surface area contributed by atoms with Crippen molar-refractivity contribution in [3.8, 4) is 0 Å². The third kappa shape index (κ3) is 2.70. The predicted octanol–water partition coefficient (Wildman–Crippen LogP) is 5.24. The van der Waals surface area contributed by atoms with Crippen molar-refractivity contribution < 1.29 is 13.2 Å². The fraction of sp³-hybridized carbons (Fsp3) is 0.0769. The van der Waals surface area contributed by atoms with Gasteiger partial charge in [-0.25, -0.2) is 13.2 Å². The SMILES string of the molecule is Fc1ccc(C(Br)c2cc(Cl)ccc2F)cc1F. The average molecular weight is 336 g/mol. The third-order valence-corrected chi connectivity index (χ3v) is 3.72. The summed E-state index contributed by atoms with van der Waals surface area (Å²) in [7, 11) is 0. The maximum atomic E-state index is 13.6. The van der Waals surface area contributed by atoms with Gasteiger partial charge in [-0.1, -0.05) is 33.6 Å². The molecular weight excluding hydrogens is 328 g/mol. The van der Waals surface area contributed by atoms with Crippen LogP contribution in [0.2, 0.25) is 5.02 Å². The molecule has 0 radical (unpaired) electrons. The Morgan fingerprint density at radius 3 is 2.22 bits per heavy atom. The zero-order valence-corrected chi connectivity index (χ0v) is 11.3. The highest BCUT2D eigenvalue weighted by Gasteiger charge is 2.17. The quantitative estimate of drug-likeness (QED) is 0.658. The average Bonchev–Trinajstić information content (AvgIpc) is 2.35. The molecule has 18 heavy (non-hydrogen) atoms. The van der Waals surface area contributed by atoms with E-state index in [2.05, 4.69) is 15.9 Å². The van der Waals surface area contributed by atoms with E-state index >= 15 is 0 Å². The van der Waals surface area contributed by atoms with Crippen molar-refractivity contribution in [2.75, 3.05) is 0 Å². The van der Waals surface area contributed by atoms with Crippen LogP contribution in [-0.2, 0) is 0 Å². The first-order valence-corrected chi connectivity index (χ1v) is 6.32. The zero-order valence-electron chi connectivity index (χ0n) is 8.93. The van der Waals surface area contributed by atoms with Crippen molar-refractivity contribution in [1.82, 2.24) is 0 Å². The first kappa shape index (κ1) is 13.4. The number of halogens is 5. The van der Waals surface area contributed by atoms with Gasteiger partial charge in [-0.2, -0.15) is 0 Å². The summed E-state index contributed by atoms with van der Waals surface area (Å²) < 4.78 is 39.6. The lowest BCUT2D eigenvalue weighted by Gasteiger charge is -2.12. The van der Waals surface area contributed by atoms with Crippen molar-refractivity contribution in [2.24, 2.45) is 0 Å². The van der Waals surface area contributed by atoms with E-state index in [4.69, 9.17) is 11.6 Å². The molecule has 94 valence electrons. The van der Waals surface area contributed by atoms with E-state index in [0.717, 1.165) is 12.1 Å². The fourth-order valence-electron chi connectivity index (χ4n) is 1.56. The van der Waals surface area contributed by atoms with E-state index in [1.807, 2.05) is 0 Å². The van der Waals surface area contributed by atoms with Crippen molar-refractivity contribution >= 4 is 27.5 Å². The Hall–Kier alpha value is -1.00. The summed E-state index contributed by atoms with van der Waals surface area (Å²) in [5, 5.41) is 0.374. The summed E-state index contributed by atoms with van der Waals surface area (Å²) in [5.41, 5.74) is 0.684. The minimum absolute atomic E-state index is 0.272. The molecule has 0 spiro atoms. The molecule has 0 aromatic heterocycles. The fourth-order valence-corrected chi connectivity index (χ4v) is 2.37. The maximum absolute atomic E-state index is 13.6. The Balaban J connectivity index is 2.44. The van der Waals surface area contributed by atoms with Gasteiger partial charge >= 0.3 is 0 Å². The van der Waals surface area contributed by atoms with Gasteiger partial charge in [-0.05, 0) is 35.9 Å². The molecule has 0 fully saturated rings. The molecule has 2 aromatic carbocycles. The minimum atomic E-state index is -0.973. The van der Waals surface area contributed by atoms with E-state index in [0.29, 0.717) is 10.6 Å². The van der Waals surface area contributed by atoms with Gasteiger partial charge in [-0.3, -0.25) is 0 Å². The standard InChI is InChI=1S/C13H7BrClF3/c14-13(7-1-3-11(17)12(18)5-7)9-6-8(15)2-4-10(9)16/h1-6,13H. The predicted molar refractivity (Wildman–Crippen MR) is 68.5 cm³/mol. The summed E-state index contributed by atoms with van der Waals surface area (Å²) in [6.07, 6.45) is 0. The topological polar surface area (TPSA) is 0 Å². The Bertz CT molecular complexity index is 586. The summed E-state index contributed by atoms with van der Waals surface area (Å²) >= 11 is 9.03. The van der Waals surface area contributed by atoms with Crippen LogP contribution >= 0.6 is 27.5 Å². The molecule has 0 bridgehead atoms. The molecular formula is C13H7BrClF3. The van der Waals surface area contributed by atoms with Crippen LogP contribution in [0, 0.1) is 17.5 Å². The second-order valence-electron chi connectivity index (χ2n) is 3.70. The smallest absolute Gasteiger partial charge is 0.159 e. The molecule has 0 N–H and O–H groups in total. The van der Waals surface area contributed by atoms with Crippen LogP contribution in [0.25, 0.3) is 0 Å². The molecule has 0 aliphatic carbocycles. The lowest BCUT2D eigenvalue weighted by molar-refractivity contribution is 0.507. The van der Waals surface area contributed by atoms with E-state index in [1.54, 1.807) is 0 Å². The van der Waals surface area contributed by atoms with Gasteiger partial charge in [0.1, 0.15) is 5.82 Å². The second kappa shape index (κ2) is 5.33. The van der Waals surface area contributed by atoms with Gasteiger partial charge in [0.05, 0.1) is 4.83 Å². The third-order valence-electron chi connectivity index (χ3n) is 2.47. The van der Waals surface area contributed by atoms with Crippen LogP contribution in [0.3, 0.4) is 0 Å². The first-order valence-electron chi connectivity index (χ1n) is 5.03. The Morgan fingerprint density at radius 1 is 0.889 bits per heavy atom. The molecule has 2 aromatic rings.